The van der Waals surface area contributed by atoms with Crippen LogP contribution in [0.1, 0.15) is 5.56 Å². The van der Waals surface area contributed by atoms with E-state index in [0.29, 0.717) is 5.56 Å². The summed E-state index contributed by atoms with van der Waals surface area (Å²) in [6, 6.07) is 6.08. The molecule has 0 saturated carbocycles. The van der Waals surface area contributed by atoms with Crippen molar-refractivity contribution in [3.05, 3.63) is 34.7 Å². The molecule has 1 atom stereocenters. The predicted molar refractivity (Wildman–Crippen MR) is 51.0 cm³/mol. The predicted octanol–water partition coefficient (Wildman–Crippen LogP) is 0.506. The van der Waals surface area contributed by atoms with Gasteiger partial charge in [0, 0.05) is 18.1 Å². The molecule has 1 rings (SSSR count). The van der Waals surface area contributed by atoms with E-state index >= 15 is 0 Å². The molecule has 2 N–H and O–H groups in total. The van der Waals surface area contributed by atoms with Gasteiger partial charge < -0.3 is 14.3 Å². The number of benzene rings is 1. The summed E-state index contributed by atoms with van der Waals surface area (Å²) in [4.78, 5) is 29.0. The van der Waals surface area contributed by atoms with Crippen LogP contribution >= 0.6 is 7.82 Å². The second-order valence-electron chi connectivity index (χ2n) is 2.95. The minimum Gasteiger partial charge on any atom is -0.756 e. The molecule has 0 fully saturated rings. The maximum atomic E-state index is 10.7. The van der Waals surface area contributed by atoms with E-state index in [0.717, 1.165) is 0 Å². The lowest BCUT2D eigenvalue weighted by atomic mass is 10.1. The second-order valence-corrected chi connectivity index (χ2v) is 4.15. The van der Waals surface area contributed by atoms with Gasteiger partial charge in [0.05, 0.1) is 11.5 Å². The molecule has 0 amide bonds. The summed E-state index contributed by atoms with van der Waals surface area (Å²) in [6.07, 6.45) is 0.0717. The van der Waals surface area contributed by atoms with Gasteiger partial charge in [-0.1, -0.05) is 18.2 Å². The first kappa shape index (κ1) is 12.8. The number of rotatable bonds is 5. The average molecular weight is 247 g/mol. The monoisotopic (exact) mass is 247 g/mol. The fourth-order valence-corrected chi connectivity index (χ4v) is 1.50. The van der Waals surface area contributed by atoms with Crippen molar-refractivity contribution in [1.29, 1.82) is 0 Å². The van der Waals surface area contributed by atoms with Crippen LogP contribution in [-0.4, -0.2) is 21.6 Å². The van der Waals surface area contributed by atoms with E-state index in [1.165, 1.54) is 12.1 Å². The lowest BCUT2D eigenvalue weighted by Crippen LogP contribution is -2.07. The molecule has 0 saturated heterocycles. The molecule has 16 heavy (non-hydrogen) atoms. The molecule has 0 bridgehead atoms. The molecule has 1 aromatic carbocycles. The highest BCUT2D eigenvalue weighted by molar-refractivity contribution is 7.44. The Hall–Kier alpha value is -1.27. The Morgan fingerprint density at radius 1 is 1.44 bits per heavy atom. The van der Waals surface area contributed by atoms with Crippen LogP contribution in [-0.2, 0) is 15.5 Å². The lowest BCUT2D eigenvalue weighted by molar-refractivity contribution is -0.730. The van der Waals surface area contributed by atoms with Gasteiger partial charge in [-0.15, -0.1) is 0 Å². The van der Waals surface area contributed by atoms with E-state index in [2.05, 4.69) is 4.52 Å². The highest BCUT2D eigenvalue weighted by Crippen LogP contribution is 2.30. The van der Waals surface area contributed by atoms with E-state index < -0.39 is 7.82 Å². The van der Waals surface area contributed by atoms with Gasteiger partial charge in [-0.3, -0.25) is 4.57 Å². The van der Waals surface area contributed by atoms with E-state index in [1.807, 2.05) is 0 Å². The molecule has 0 aliphatic carbocycles. The lowest BCUT2D eigenvalue weighted by Gasteiger charge is -2.14. The van der Waals surface area contributed by atoms with Crippen LogP contribution in [0.25, 0.3) is 0 Å². The van der Waals surface area contributed by atoms with Crippen molar-refractivity contribution < 1.29 is 29.0 Å². The summed E-state index contributed by atoms with van der Waals surface area (Å²) in [5.74, 6) is 0. The van der Waals surface area contributed by atoms with Crippen LogP contribution < -0.4 is 4.89 Å². The molecule has 88 valence electrons. The fourth-order valence-electron chi connectivity index (χ4n) is 1.18. The molecule has 0 heterocycles. The van der Waals surface area contributed by atoms with Crippen molar-refractivity contribution in [2.24, 2.45) is 0 Å². The molecule has 0 aliphatic rings. The van der Waals surface area contributed by atoms with Gasteiger partial charge in [0.25, 0.3) is 12.7 Å². The van der Waals surface area contributed by atoms with Crippen molar-refractivity contribution >= 4 is 13.5 Å². The number of phosphoric ester groups is 1. The zero-order chi connectivity index (χ0) is 12.2. The summed E-state index contributed by atoms with van der Waals surface area (Å²) in [7, 11) is -4.75. The van der Waals surface area contributed by atoms with Crippen LogP contribution in [0.5, 0.6) is 0 Å². The molecule has 0 aliphatic heterocycles. The van der Waals surface area contributed by atoms with Crippen molar-refractivity contribution in [3.8, 4) is 0 Å². The summed E-state index contributed by atoms with van der Waals surface area (Å²) < 4.78 is 14.4. The molecule has 7 nitrogen and oxygen atoms in total. The summed E-state index contributed by atoms with van der Waals surface area (Å²) >= 11 is 0. The topological polar surface area (TPSA) is 110 Å². The quantitative estimate of drug-likeness (QED) is 0.579. The Labute approximate surface area is 91.1 Å². The van der Waals surface area contributed by atoms with E-state index in [1.54, 1.807) is 12.1 Å². The van der Waals surface area contributed by atoms with Crippen molar-refractivity contribution in [3.63, 3.8) is 0 Å². The third kappa shape index (κ3) is 4.08. The molecule has 1 unspecified atom stereocenters. The Morgan fingerprint density at radius 3 is 2.62 bits per heavy atom. The SMILES string of the molecule is O=[N+](O)c1ccccc1CCOP(=O)([O-])O. The maximum Gasteiger partial charge on any atom is 0.319 e. The first-order valence-corrected chi connectivity index (χ1v) is 5.82. The Balaban J connectivity index is 2.67. The zero-order valence-electron chi connectivity index (χ0n) is 8.15. The van der Waals surface area contributed by atoms with Gasteiger partial charge in [0.2, 0.25) is 0 Å². The minimum atomic E-state index is -4.75. The first-order valence-electron chi connectivity index (χ1n) is 4.32. The van der Waals surface area contributed by atoms with Crippen LogP contribution in [0, 0.1) is 4.91 Å². The third-order valence-electron chi connectivity index (χ3n) is 1.82. The largest absolute Gasteiger partial charge is 0.756 e. The third-order valence-corrected chi connectivity index (χ3v) is 2.33. The minimum absolute atomic E-state index is 0.00442. The smallest absolute Gasteiger partial charge is 0.319 e. The highest BCUT2D eigenvalue weighted by Gasteiger charge is 2.17. The number of hydrogen-bond acceptors (Lipinski definition) is 4. The highest BCUT2D eigenvalue weighted by atomic mass is 31.2. The Bertz CT molecular complexity index is 428. The average Bonchev–Trinajstić information content (AvgIpc) is 2.16. The van der Waals surface area contributed by atoms with Crippen LogP contribution in [0.2, 0.25) is 0 Å². The fraction of sp³-hybridized carbons (Fsp3) is 0.250. The number of para-hydroxylation sites is 1. The molecular weight excluding hydrogens is 237 g/mol. The second kappa shape index (κ2) is 5.18. The normalized spacial score (nSPS) is 14.4. The standard InChI is InChI=1S/C8H10NO6P/c10-9(11)8-4-2-1-3-7(8)5-6-15-16(12,13)14/h1-4H,5-6H2,(H2-,10,11,12,13,14). The van der Waals surface area contributed by atoms with Gasteiger partial charge in [0.15, 0.2) is 0 Å². The summed E-state index contributed by atoms with van der Waals surface area (Å²) in [5, 5.41) is 8.73. The molecule has 1 aromatic rings. The first-order chi connectivity index (χ1) is 7.40. The van der Waals surface area contributed by atoms with Gasteiger partial charge in [0.1, 0.15) is 0 Å². The Morgan fingerprint density at radius 2 is 2.06 bits per heavy atom. The van der Waals surface area contributed by atoms with E-state index in [4.69, 9.17) is 10.1 Å². The van der Waals surface area contributed by atoms with Gasteiger partial charge >= 0.3 is 5.69 Å². The molecular formula is C8H10NO6P. The number of hydrogen-bond donors (Lipinski definition) is 2. The molecule has 0 aromatic heterocycles. The summed E-state index contributed by atoms with van der Waals surface area (Å²) in [6.45, 7) is -0.303. The summed E-state index contributed by atoms with van der Waals surface area (Å²) in [5.41, 5.74) is 0.415. The molecule has 0 spiro atoms. The van der Waals surface area contributed by atoms with Crippen LogP contribution in [0.4, 0.5) is 5.69 Å². The van der Waals surface area contributed by atoms with Crippen molar-refractivity contribution in [1.82, 2.24) is 0 Å². The van der Waals surface area contributed by atoms with Gasteiger partial charge in [-0.05, 0) is 0 Å². The zero-order valence-corrected chi connectivity index (χ0v) is 9.04. The number of phosphoric acid groups is 1. The van der Waals surface area contributed by atoms with Gasteiger partial charge in [-0.25, -0.2) is 5.21 Å². The Kier molecular flexibility index (Phi) is 4.14. The number of nitrogens with zero attached hydrogens (tertiary/aromatic N) is 1. The van der Waals surface area contributed by atoms with E-state index in [-0.39, 0.29) is 23.6 Å². The van der Waals surface area contributed by atoms with Gasteiger partial charge in [-0.2, -0.15) is 0 Å². The molecule has 0 radical (unpaired) electrons. The van der Waals surface area contributed by atoms with E-state index in [9.17, 15) is 14.4 Å². The van der Waals surface area contributed by atoms with Crippen molar-refractivity contribution in [2.45, 2.75) is 6.42 Å². The van der Waals surface area contributed by atoms with Crippen molar-refractivity contribution in [2.75, 3.05) is 6.61 Å². The maximum absolute atomic E-state index is 10.7. The van der Waals surface area contributed by atoms with Crippen LogP contribution in [0.3, 0.4) is 0 Å². The molecule has 8 heteroatoms. The van der Waals surface area contributed by atoms with Crippen LogP contribution in [0.15, 0.2) is 24.3 Å².